The minimum atomic E-state index is 0.550. The summed E-state index contributed by atoms with van der Waals surface area (Å²) in [6.07, 6.45) is 0.679. The fourth-order valence-electron chi connectivity index (χ4n) is 1.15. The lowest BCUT2D eigenvalue weighted by Gasteiger charge is -1.91. The highest BCUT2D eigenvalue weighted by molar-refractivity contribution is 6.29. The molecule has 68 valence electrons. The second-order valence-electron chi connectivity index (χ2n) is 2.69. The molecule has 0 spiro atoms. The maximum atomic E-state index is 5.90. The summed E-state index contributed by atoms with van der Waals surface area (Å²) in [6.45, 7) is 0.550. The van der Waals surface area contributed by atoms with Crippen LogP contribution in [0.2, 0.25) is 5.15 Å². The number of fused-ring (bicyclic) bond motifs is 1. The molecule has 0 saturated heterocycles. The van der Waals surface area contributed by atoms with Gasteiger partial charge in [-0.3, -0.25) is 0 Å². The van der Waals surface area contributed by atoms with E-state index in [4.69, 9.17) is 17.3 Å². The molecule has 2 aromatic rings. The minimum absolute atomic E-state index is 0.550. The van der Waals surface area contributed by atoms with Gasteiger partial charge in [-0.2, -0.15) is 0 Å². The molecule has 0 amide bonds. The quantitative estimate of drug-likeness (QED) is 0.726. The molecule has 5 heteroatoms. The lowest BCUT2D eigenvalue weighted by atomic mass is 10.4. The van der Waals surface area contributed by atoms with Gasteiger partial charge in [0, 0.05) is 6.42 Å². The summed E-state index contributed by atoms with van der Waals surface area (Å²) < 4.78 is 1.60. The molecule has 13 heavy (non-hydrogen) atoms. The molecule has 0 atom stereocenters. The van der Waals surface area contributed by atoms with Crippen molar-refractivity contribution in [1.29, 1.82) is 0 Å². The largest absolute Gasteiger partial charge is 0.330 e. The van der Waals surface area contributed by atoms with Gasteiger partial charge >= 0.3 is 0 Å². The maximum Gasteiger partial charge on any atom is 0.157 e. The number of pyridine rings is 1. The molecule has 2 N–H and O–H groups in total. The second kappa shape index (κ2) is 3.32. The van der Waals surface area contributed by atoms with Crippen molar-refractivity contribution >= 4 is 17.2 Å². The summed E-state index contributed by atoms with van der Waals surface area (Å²) in [5.41, 5.74) is 6.16. The van der Waals surface area contributed by atoms with Crippen LogP contribution in [0.5, 0.6) is 0 Å². The summed E-state index contributed by atoms with van der Waals surface area (Å²) in [5, 5.41) is 4.76. The highest BCUT2D eigenvalue weighted by Gasteiger charge is 2.03. The maximum absolute atomic E-state index is 5.90. The van der Waals surface area contributed by atoms with E-state index >= 15 is 0 Å². The Morgan fingerprint density at radius 2 is 2.31 bits per heavy atom. The first-order chi connectivity index (χ1) is 6.31. The Morgan fingerprint density at radius 1 is 1.46 bits per heavy atom. The lowest BCUT2D eigenvalue weighted by molar-refractivity contribution is 0.844. The van der Waals surface area contributed by atoms with E-state index in [1.54, 1.807) is 10.6 Å². The molecule has 0 radical (unpaired) electrons. The van der Waals surface area contributed by atoms with E-state index in [2.05, 4.69) is 10.1 Å². The second-order valence-corrected chi connectivity index (χ2v) is 3.07. The smallest absolute Gasteiger partial charge is 0.157 e. The first-order valence-corrected chi connectivity index (χ1v) is 4.39. The van der Waals surface area contributed by atoms with Crippen molar-refractivity contribution in [2.24, 2.45) is 5.73 Å². The van der Waals surface area contributed by atoms with Gasteiger partial charge in [-0.15, -0.1) is 5.10 Å². The van der Waals surface area contributed by atoms with Crippen molar-refractivity contribution < 1.29 is 0 Å². The molecule has 0 aliphatic carbocycles. The fourth-order valence-corrected chi connectivity index (χ4v) is 1.35. The van der Waals surface area contributed by atoms with Crippen molar-refractivity contribution in [3.8, 4) is 0 Å². The van der Waals surface area contributed by atoms with E-state index in [1.165, 1.54) is 0 Å². The third-order valence-electron chi connectivity index (χ3n) is 1.73. The number of aromatic nitrogens is 3. The van der Waals surface area contributed by atoms with Crippen LogP contribution in [-0.4, -0.2) is 21.1 Å². The third-order valence-corrected chi connectivity index (χ3v) is 2.01. The van der Waals surface area contributed by atoms with E-state index < -0.39 is 0 Å². The number of rotatable bonds is 2. The summed E-state index contributed by atoms with van der Waals surface area (Å²) in [4.78, 5) is 4.25. The van der Waals surface area contributed by atoms with Gasteiger partial charge in [0.1, 0.15) is 5.15 Å². The van der Waals surface area contributed by atoms with Crippen molar-refractivity contribution in [3.63, 3.8) is 0 Å². The first kappa shape index (κ1) is 8.47. The third kappa shape index (κ3) is 1.50. The van der Waals surface area contributed by atoms with Crippen LogP contribution in [0.1, 0.15) is 5.82 Å². The zero-order valence-electron chi connectivity index (χ0n) is 6.94. The van der Waals surface area contributed by atoms with Crippen molar-refractivity contribution in [2.45, 2.75) is 6.42 Å². The van der Waals surface area contributed by atoms with Gasteiger partial charge in [-0.1, -0.05) is 17.7 Å². The van der Waals surface area contributed by atoms with Gasteiger partial charge in [-0.25, -0.2) is 9.50 Å². The standard InChI is InChI=1S/C8H9ClN4/c9-6-2-1-3-8-11-7(4-5-10)12-13(6)8/h1-3H,4-5,10H2. The summed E-state index contributed by atoms with van der Waals surface area (Å²) in [5.74, 6) is 0.732. The normalized spacial score (nSPS) is 10.9. The van der Waals surface area contributed by atoms with Crippen LogP contribution < -0.4 is 5.73 Å². The SMILES string of the molecule is NCCc1nc2cccc(Cl)n2n1. The Bertz CT molecular complexity index is 423. The molecule has 2 rings (SSSR count). The van der Waals surface area contributed by atoms with Crippen molar-refractivity contribution in [3.05, 3.63) is 29.2 Å². The van der Waals surface area contributed by atoms with E-state index in [9.17, 15) is 0 Å². The number of hydrogen-bond acceptors (Lipinski definition) is 3. The van der Waals surface area contributed by atoms with Crippen LogP contribution >= 0.6 is 11.6 Å². The van der Waals surface area contributed by atoms with Gasteiger partial charge in [0.2, 0.25) is 0 Å². The van der Waals surface area contributed by atoms with Crippen LogP contribution in [0, 0.1) is 0 Å². The lowest BCUT2D eigenvalue weighted by Crippen LogP contribution is -2.04. The Morgan fingerprint density at radius 3 is 3.00 bits per heavy atom. The highest BCUT2D eigenvalue weighted by atomic mass is 35.5. The van der Waals surface area contributed by atoms with Crippen molar-refractivity contribution in [1.82, 2.24) is 14.6 Å². The van der Waals surface area contributed by atoms with Gasteiger partial charge in [0.25, 0.3) is 0 Å². The Kier molecular flexibility index (Phi) is 2.16. The average molecular weight is 197 g/mol. The molecule has 0 aromatic carbocycles. The fraction of sp³-hybridized carbons (Fsp3) is 0.250. The summed E-state index contributed by atoms with van der Waals surface area (Å²) >= 11 is 5.90. The van der Waals surface area contributed by atoms with Crippen LogP contribution in [0.15, 0.2) is 18.2 Å². The number of nitrogens with zero attached hydrogens (tertiary/aromatic N) is 3. The van der Waals surface area contributed by atoms with E-state index in [0.29, 0.717) is 18.1 Å². The molecular formula is C8H9ClN4. The molecule has 0 aliphatic heterocycles. The van der Waals surface area contributed by atoms with E-state index in [0.717, 1.165) is 11.5 Å². The van der Waals surface area contributed by atoms with Crippen LogP contribution in [0.25, 0.3) is 5.65 Å². The van der Waals surface area contributed by atoms with E-state index in [1.807, 2.05) is 12.1 Å². The monoisotopic (exact) mass is 196 g/mol. The van der Waals surface area contributed by atoms with Crippen LogP contribution in [0.4, 0.5) is 0 Å². The summed E-state index contributed by atoms with van der Waals surface area (Å²) in [6, 6.07) is 5.48. The Hall–Kier alpha value is -1.13. The first-order valence-electron chi connectivity index (χ1n) is 4.01. The Balaban J connectivity index is 2.55. The number of halogens is 1. The van der Waals surface area contributed by atoms with Gasteiger partial charge in [0.15, 0.2) is 11.5 Å². The number of hydrogen-bond donors (Lipinski definition) is 1. The predicted molar refractivity (Wildman–Crippen MR) is 50.8 cm³/mol. The topological polar surface area (TPSA) is 56.2 Å². The molecule has 2 aromatic heterocycles. The molecule has 0 bridgehead atoms. The van der Waals surface area contributed by atoms with Gasteiger partial charge in [-0.05, 0) is 18.7 Å². The molecule has 0 saturated carbocycles. The molecule has 4 nitrogen and oxygen atoms in total. The Labute approximate surface area is 80.3 Å². The van der Waals surface area contributed by atoms with Crippen LogP contribution in [-0.2, 0) is 6.42 Å². The molecular weight excluding hydrogens is 188 g/mol. The zero-order chi connectivity index (χ0) is 9.26. The zero-order valence-corrected chi connectivity index (χ0v) is 7.70. The van der Waals surface area contributed by atoms with Crippen molar-refractivity contribution in [2.75, 3.05) is 6.54 Å². The van der Waals surface area contributed by atoms with Gasteiger partial charge < -0.3 is 5.73 Å². The minimum Gasteiger partial charge on any atom is -0.330 e. The molecule has 0 aliphatic rings. The molecule has 0 fully saturated rings. The number of nitrogens with two attached hydrogens (primary N) is 1. The average Bonchev–Trinajstić information content (AvgIpc) is 2.49. The summed E-state index contributed by atoms with van der Waals surface area (Å²) in [7, 11) is 0. The predicted octanol–water partition coefficient (Wildman–Crippen LogP) is 0.884. The molecule has 2 heterocycles. The van der Waals surface area contributed by atoms with Gasteiger partial charge in [0.05, 0.1) is 0 Å². The highest BCUT2D eigenvalue weighted by Crippen LogP contribution is 2.10. The van der Waals surface area contributed by atoms with Crippen LogP contribution in [0.3, 0.4) is 0 Å². The molecule has 0 unspecified atom stereocenters. The van der Waals surface area contributed by atoms with E-state index in [-0.39, 0.29) is 0 Å².